The predicted octanol–water partition coefficient (Wildman–Crippen LogP) is 4.69. The van der Waals surface area contributed by atoms with Crippen molar-refractivity contribution in [3.8, 4) is 17.6 Å². The number of hydrogen-bond acceptors (Lipinski definition) is 2. The Labute approximate surface area is 124 Å². The maximum absolute atomic E-state index is 9.11. The zero-order valence-electron chi connectivity index (χ0n) is 9.36. The van der Waals surface area contributed by atoms with E-state index in [1.807, 2.05) is 30.3 Å². The van der Waals surface area contributed by atoms with Crippen LogP contribution in [0.5, 0.6) is 11.5 Å². The van der Waals surface area contributed by atoms with E-state index in [4.69, 9.17) is 21.6 Å². The van der Waals surface area contributed by atoms with Gasteiger partial charge in [-0.3, -0.25) is 0 Å². The van der Waals surface area contributed by atoms with Gasteiger partial charge >= 0.3 is 0 Å². The number of halogens is 2. The summed E-state index contributed by atoms with van der Waals surface area (Å²) in [7, 11) is 0. The average molecular weight is 370 g/mol. The SMILES string of the molecule is N#Cc1cc(CCl)ccc1Oc1ccccc1I. The second kappa shape index (κ2) is 6.07. The van der Waals surface area contributed by atoms with Crippen LogP contribution in [0, 0.1) is 14.9 Å². The Bertz CT molecular complexity index is 607. The summed E-state index contributed by atoms with van der Waals surface area (Å²) in [6, 6.07) is 15.2. The molecule has 2 aromatic carbocycles. The molecule has 90 valence electrons. The summed E-state index contributed by atoms with van der Waals surface area (Å²) < 4.78 is 6.76. The largest absolute Gasteiger partial charge is 0.455 e. The molecule has 0 bridgehead atoms. The molecular weight excluding hydrogens is 361 g/mol. The molecule has 0 aliphatic carbocycles. The van der Waals surface area contributed by atoms with Gasteiger partial charge in [0.1, 0.15) is 17.6 Å². The van der Waals surface area contributed by atoms with E-state index < -0.39 is 0 Å². The van der Waals surface area contributed by atoms with Crippen LogP contribution in [0.1, 0.15) is 11.1 Å². The Hall–Kier alpha value is -1.25. The lowest BCUT2D eigenvalue weighted by Crippen LogP contribution is -1.91. The first-order chi connectivity index (χ1) is 8.74. The molecule has 0 radical (unpaired) electrons. The summed E-state index contributed by atoms with van der Waals surface area (Å²) in [5, 5.41) is 9.11. The minimum absolute atomic E-state index is 0.387. The zero-order valence-corrected chi connectivity index (χ0v) is 12.3. The van der Waals surface area contributed by atoms with Gasteiger partial charge < -0.3 is 4.74 Å². The topological polar surface area (TPSA) is 33.0 Å². The molecule has 0 saturated heterocycles. The zero-order chi connectivity index (χ0) is 13.0. The van der Waals surface area contributed by atoms with Crippen molar-refractivity contribution >= 4 is 34.2 Å². The summed E-state index contributed by atoms with van der Waals surface area (Å²) in [4.78, 5) is 0. The highest BCUT2D eigenvalue weighted by Crippen LogP contribution is 2.29. The second-order valence-electron chi connectivity index (χ2n) is 3.61. The highest BCUT2D eigenvalue weighted by molar-refractivity contribution is 14.1. The molecular formula is C14H9ClINO. The first-order valence-electron chi connectivity index (χ1n) is 5.26. The molecule has 0 atom stereocenters. The second-order valence-corrected chi connectivity index (χ2v) is 5.04. The molecule has 0 aliphatic heterocycles. The number of nitriles is 1. The summed E-state index contributed by atoms with van der Waals surface area (Å²) in [5.41, 5.74) is 1.40. The van der Waals surface area contributed by atoms with Gasteiger partial charge in [0.25, 0.3) is 0 Å². The molecule has 2 rings (SSSR count). The fourth-order valence-corrected chi connectivity index (χ4v) is 2.15. The lowest BCUT2D eigenvalue weighted by atomic mass is 10.1. The minimum atomic E-state index is 0.387. The summed E-state index contributed by atoms with van der Waals surface area (Å²) >= 11 is 7.94. The van der Waals surface area contributed by atoms with E-state index in [9.17, 15) is 0 Å². The fourth-order valence-electron chi connectivity index (χ4n) is 1.48. The van der Waals surface area contributed by atoms with Crippen molar-refractivity contribution < 1.29 is 4.74 Å². The number of nitrogens with zero attached hydrogens (tertiary/aromatic N) is 1. The van der Waals surface area contributed by atoms with Crippen LogP contribution in [0.2, 0.25) is 0 Å². The van der Waals surface area contributed by atoms with Gasteiger partial charge in [-0.2, -0.15) is 5.26 Å². The van der Waals surface area contributed by atoms with Crippen LogP contribution in [-0.2, 0) is 5.88 Å². The first-order valence-corrected chi connectivity index (χ1v) is 6.87. The first kappa shape index (κ1) is 13.2. The number of rotatable bonds is 3. The monoisotopic (exact) mass is 369 g/mol. The number of alkyl halides is 1. The molecule has 0 unspecified atom stereocenters. The summed E-state index contributed by atoms with van der Waals surface area (Å²) in [6.45, 7) is 0. The van der Waals surface area contributed by atoms with Crippen LogP contribution in [0.15, 0.2) is 42.5 Å². The van der Waals surface area contributed by atoms with Crippen LogP contribution in [0.3, 0.4) is 0 Å². The molecule has 0 N–H and O–H groups in total. The van der Waals surface area contributed by atoms with Gasteiger partial charge in [0.15, 0.2) is 0 Å². The quantitative estimate of drug-likeness (QED) is 0.581. The third-order valence-electron chi connectivity index (χ3n) is 2.38. The van der Waals surface area contributed by atoms with Crippen molar-refractivity contribution in [2.24, 2.45) is 0 Å². The van der Waals surface area contributed by atoms with E-state index in [0.29, 0.717) is 17.2 Å². The van der Waals surface area contributed by atoms with E-state index in [1.165, 1.54) is 0 Å². The minimum Gasteiger partial charge on any atom is -0.455 e. The van der Waals surface area contributed by atoms with Crippen molar-refractivity contribution in [3.63, 3.8) is 0 Å². The highest BCUT2D eigenvalue weighted by atomic mass is 127. The molecule has 0 spiro atoms. The van der Waals surface area contributed by atoms with Crippen LogP contribution in [0.25, 0.3) is 0 Å². The average Bonchev–Trinajstić information content (AvgIpc) is 2.41. The van der Waals surface area contributed by atoms with E-state index in [1.54, 1.807) is 12.1 Å². The van der Waals surface area contributed by atoms with E-state index in [2.05, 4.69) is 28.7 Å². The Kier molecular flexibility index (Phi) is 4.45. The molecule has 4 heteroatoms. The lowest BCUT2D eigenvalue weighted by Gasteiger charge is -2.09. The van der Waals surface area contributed by atoms with Gasteiger partial charge in [-0.05, 0) is 52.4 Å². The molecule has 0 fully saturated rings. The van der Waals surface area contributed by atoms with Crippen LogP contribution < -0.4 is 4.74 Å². The summed E-state index contributed by atoms with van der Waals surface area (Å²) in [6.07, 6.45) is 0. The van der Waals surface area contributed by atoms with Crippen molar-refractivity contribution in [1.29, 1.82) is 5.26 Å². The van der Waals surface area contributed by atoms with Crippen molar-refractivity contribution in [3.05, 3.63) is 57.2 Å². The molecule has 0 amide bonds. The van der Waals surface area contributed by atoms with E-state index >= 15 is 0 Å². The van der Waals surface area contributed by atoms with Gasteiger partial charge in [0, 0.05) is 5.88 Å². The highest BCUT2D eigenvalue weighted by Gasteiger charge is 2.07. The number of hydrogen-bond donors (Lipinski definition) is 0. The van der Waals surface area contributed by atoms with E-state index in [-0.39, 0.29) is 0 Å². The fraction of sp³-hybridized carbons (Fsp3) is 0.0714. The molecule has 18 heavy (non-hydrogen) atoms. The number of benzene rings is 2. The standard InChI is InChI=1S/C14H9ClINO/c15-8-10-5-6-13(11(7-10)9-17)18-14-4-2-1-3-12(14)16/h1-7H,8H2. The summed E-state index contributed by atoms with van der Waals surface area (Å²) in [5.74, 6) is 1.68. The molecule has 0 heterocycles. The van der Waals surface area contributed by atoms with Gasteiger partial charge in [0.05, 0.1) is 9.13 Å². The maximum Gasteiger partial charge on any atom is 0.145 e. The Morgan fingerprint density at radius 3 is 2.61 bits per heavy atom. The van der Waals surface area contributed by atoms with Gasteiger partial charge in [-0.25, -0.2) is 0 Å². The van der Waals surface area contributed by atoms with Crippen LogP contribution in [-0.4, -0.2) is 0 Å². The maximum atomic E-state index is 9.11. The molecule has 0 saturated carbocycles. The van der Waals surface area contributed by atoms with Crippen molar-refractivity contribution in [2.45, 2.75) is 5.88 Å². The molecule has 2 nitrogen and oxygen atoms in total. The Morgan fingerprint density at radius 2 is 1.94 bits per heavy atom. The van der Waals surface area contributed by atoms with Crippen LogP contribution in [0.4, 0.5) is 0 Å². The predicted molar refractivity (Wildman–Crippen MR) is 79.9 cm³/mol. The molecule has 0 aliphatic rings. The third-order valence-corrected chi connectivity index (χ3v) is 3.58. The van der Waals surface area contributed by atoms with Crippen molar-refractivity contribution in [2.75, 3.05) is 0 Å². The van der Waals surface area contributed by atoms with Gasteiger partial charge in [-0.1, -0.05) is 18.2 Å². The Morgan fingerprint density at radius 1 is 1.17 bits per heavy atom. The number of para-hydroxylation sites is 1. The van der Waals surface area contributed by atoms with Crippen LogP contribution >= 0.6 is 34.2 Å². The normalized spacial score (nSPS) is 9.83. The molecule has 2 aromatic rings. The number of ether oxygens (including phenoxy) is 1. The lowest BCUT2D eigenvalue weighted by molar-refractivity contribution is 0.477. The van der Waals surface area contributed by atoms with Crippen molar-refractivity contribution in [1.82, 2.24) is 0 Å². The van der Waals surface area contributed by atoms with E-state index in [0.717, 1.165) is 14.9 Å². The molecule has 0 aromatic heterocycles. The van der Waals surface area contributed by atoms with Gasteiger partial charge in [0.2, 0.25) is 0 Å². The third kappa shape index (κ3) is 2.95. The van der Waals surface area contributed by atoms with Gasteiger partial charge in [-0.15, -0.1) is 11.6 Å². The smallest absolute Gasteiger partial charge is 0.145 e. The Balaban J connectivity index is 2.35.